The molecule has 0 N–H and O–H groups in total. The molecule has 0 atom stereocenters. The van der Waals surface area contributed by atoms with E-state index < -0.39 is 0 Å². The van der Waals surface area contributed by atoms with Crippen LogP contribution in [0.25, 0.3) is 0 Å². The number of ketones is 1. The van der Waals surface area contributed by atoms with Gasteiger partial charge in [0, 0.05) is 11.8 Å². The highest BCUT2D eigenvalue weighted by atomic mass is 16.1. The van der Waals surface area contributed by atoms with Gasteiger partial charge in [0.25, 0.3) is 0 Å². The number of benzene rings is 1. The van der Waals surface area contributed by atoms with Crippen molar-refractivity contribution in [1.82, 2.24) is 9.97 Å². The molecule has 1 aromatic carbocycles. The molecule has 0 bridgehead atoms. The number of hydrogen-bond acceptors (Lipinski definition) is 3. The molecule has 3 nitrogen and oxygen atoms in total. The summed E-state index contributed by atoms with van der Waals surface area (Å²) in [6.45, 7) is 3.84. The first-order valence-corrected chi connectivity index (χ1v) is 5.64. The molecule has 0 saturated heterocycles. The minimum Gasteiger partial charge on any atom is -0.287 e. The number of aromatic nitrogens is 2. The minimum absolute atomic E-state index is 0.0502. The number of carbonyl (C=O) groups excluding carboxylic acids is 1. The second-order valence-electron chi connectivity index (χ2n) is 3.87. The molecule has 1 aromatic heterocycles. The third-order valence-corrected chi connectivity index (χ3v) is 2.61. The fraction of sp³-hybridized carbons (Fsp3) is 0.214. The molecule has 0 aliphatic rings. The summed E-state index contributed by atoms with van der Waals surface area (Å²) < 4.78 is 0. The molecule has 0 aliphatic carbocycles. The van der Waals surface area contributed by atoms with Crippen LogP contribution in [0.2, 0.25) is 0 Å². The van der Waals surface area contributed by atoms with E-state index in [1.54, 1.807) is 19.2 Å². The van der Waals surface area contributed by atoms with Gasteiger partial charge >= 0.3 is 0 Å². The van der Waals surface area contributed by atoms with Crippen LogP contribution < -0.4 is 0 Å². The zero-order chi connectivity index (χ0) is 12.3. The highest BCUT2D eigenvalue weighted by Crippen LogP contribution is 2.10. The van der Waals surface area contributed by atoms with Gasteiger partial charge in [-0.25, -0.2) is 9.97 Å². The maximum atomic E-state index is 12.2. The van der Waals surface area contributed by atoms with Crippen LogP contribution in [0.5, 0.6) is 0 Å². The average Bonchev–Trinajstić information content (AvgIpc) is 2.38. The second-order valence-corrected chi connectivity index (χ2v) is 3.87. The number of hydrogen-bond donors (Lipinski definition) is 0. The van der Waals surface area contributed by atoms with Crippen LogP contribution in [0, 0.1) is 6.92 Å². The van der Waals surface area contributed by atoms with Crippen molar-refractivity contribution < 1.29 is 4.79 Å². The molecule has 0 amide bonds. The summed E-state index contributed by atoms with van der Waals surface area (Å²) in [6.07, 6.45) is 2.53. The maximum Gasteiger partial charge on any atom is 0.211 e. The summed E-state index contributed by atoms with van der Waals surface area (Å²) in [6, 6.07) is 9.30. The molecular formula is C14H14N2O. The highest BCUT2D eigenvalue weighted by Gasteiger charge is 2.10. The van der Waals surface area contributed by atoms with E-state index in [0.717, 1.165) is 12.0 Å². The van der Waals surface area contributed by atoms with Crippen LogP contribution in [-0.4, -0.2) is 15.8 Å². The van der Waals surface area contributed by atoms with Crippen molar-refractivity contribution in [1.29, 1.82) is 0 Å². The fourth-order valence-electron chi connectivity index (χ4n) is 1.66. The van der Waals surface area contributed by atoms with E-state index in [-0.39, 0.29) is 5.78 Å². The van der Waals surface area contributed by atoms with Crippen LogP contribution in [0.15, 0.2) is 36.5 Å². The van der Waals surface area contributed by atoms with Crippen molar-refractivity contribution in [2.75, 3.05) is 0 Å². The molecule has 0 spiro atoms. The largest absolute Gasteiger partial charge is 0.287 e. The van der Waals surface area contributed by atoms with E-state index in [1.165, 1.54) is 0 Å². The average molecular weight is 226 g/mol. The zero-order valence-electron chi connectivity index (χ0n) is 9.97. The Morgan fingerprint density at radius 2 is 2.12 bits per heavy atom. The van der Waals surface area contributed by atoms with Crippen LogP contribution >= 0.6 is 0 Å². The van der Waals surface area contributed by atoms with Crippen molar-refractivity contribution >= 4 is 5.78 Å². The smallest absolute Gasteiger partial charge is 0.211 e. The molecule has 0 saturated carbocycles. The molecule has 2 aromatic rings. The number of carbonyl (C=O) groups is 1. The van der Waals surface area contributed by atoms with Gasteiger partial charge in [-0.2, -0.15) is 0 Å². The van der Waals surface area contributed by atoms with Gasteiger partial charge in [-0.3, -0.25) is 4.79 Å². The Labute approximate surface area is 101 Å². The summed E-state index contributed by atoms with van der Waals surface area (Å²) in [4.78, 5) is 20.3. The lowest BCUT2D eigenvalue weighted by atomic mass is 10.0. The van der Waals surface area contributed by atoms with E-state index in [2.05, 4.69) is 16.9 Å². The third kappa shape index (κ3) is 2.56. The molecule has 1 heterocycles. The second kappa shape index (κ2) is 4.87. The number of aryl methyl sites for hydroxylation is 2. The van der Waals surface area contributed by atoms with Crippen molar-refractivity contribution in [3.63, 3.8) is 0 Å². The first-order chi connectivity index (χ1) is 8.20. The molecule has 0 aliphatic heterocycles. The van der Waals surface area contributed by atoms with Gasteiger partial charge < -0.3 is 0 Å². The number of rotatable bonds is 3. The normalized spacial score (nSPS) is 10.2. The van der Waals surface area contributed by atoms with Crippen molar-refractivity contribution in [2.24, 2.45) is 0 Å². The van der Waals surface area contributed by atoms with Crippen molar-refractivity contribution in [3.05, 3.63) is 59.2 Å². The Hall–Kier alpha value is -2.03. The topological polar surface area (TPSA) is 42.9 Å². The van der Waals surface area contributed by atoms with Crippen LogP contribution in [-0.2, 0) is 6.42 Å². The predicted octanol–water partition coefficient (Wildman–Crippen LogP) is 2.58. The quantitative estimate of drug-likeness (QED) is 0.755. The van der Waals surface area contributed by atoms with E-state index in [9.17, 15) is 4.79 Å². The lowest BCUT2D eigenvalue weighted by molar-refractivity contribution is 0.103. The fourth-order valence-corrected chi connectivity index (χ4v) is 1.66. The van der Waals surface area contributed by atoms with Gasteiger partial charge in [0.1, 0.15) is 11.5 Å². The maximum absolute atomic E-state index is 12.2. The molecule has 3 heteroatoms. The summed E-state index contributed by atoms with van der Waals surface area (Å²) in [7, 11) is 0. The van der Waals surface area contributed by atoms with E-state index >= 15 is 0 Å². The minimum atomic E-state index is -0.0502. The van der Waals surface area contributed by atoms with Gasteiger partial charge in [0.05, 0.1) is 0 Å². The molecule has 0 radical (unpaired) electrons. The van der Waals surface area contributed by atoms with E-state index in [4.69, 9.17) is 0 Å². The summed E-state index contributed by atoms with van der Waals surface area (Å²) in [5.74, 6) is 0.563. The predicted molar refractivity (Wildman–Crippen MR) is 66.0 cm³/mol. The molecule has 2 rings (SSSR count). The van der Waals surface area contributed by atoms with Gasteiger partial charge in [-0.15, -0.1) is 0 Å². The van der Waals surface area contributed by atoms with Crippen LogP contribution in [0.3, 0.4) is 0 Å². The molecule has 86 valence electrons. The van der Waals surface area contributed by atoms with Gasteiger partial charge in [0.2, 0.25) is 5.78 Å². The first-order valence-electron chi connectivity index (χ1n) is 5.64. The molecule has 17 heavy (non-hydrogen) atoms. The first kappa shape index (κ1) is 11.5. The summed E-state index contributed by atoms with van der Waals surface area (Å²) >= 11 is 0. The zero-order valence-corrected chi connectivity index (χ0v) is 9.97. The van der Waals surface area contributed by atoms with Gasteiger partial charge in [-0.1, -0.05) is 25.1 Å². The lowest BCUT2D eigenvalue weighted by Crippen LogP contribution is -2.06. The third-order valence-electron chi connectivity index (χ3n) is 2.61. The van der Waals surface area contributed by atoms with Crippen molar-refractivity contribution in [2.45, 2.75) is 20.3 Å². The highest BCUT2D eigenvalue weighted by molar-refractivity contribution is 6.07. The molecular weight excluding hydrogens is 212 g/mol. The Bertz CT molecular complexity index is 549. The Kier molecular flexibility index (Phi) is 3.28. The number of nitrogens with zero attached hydrogens (tertiary/aromatic N) is 2. The Morgan fingerprint density at radius 1 is 1.29 bits per heavy atom. The van der Waals surface area contributed by atoms with E-state index in [1.807, 2.05) is 24.3 Å². The van der Waals surface area contributed by atoms with Gasteiger partial charge in [-0.05, 0) is 31.0 Å². The molecule has 0 fully saturated rings. The van der Waals surface area contributed by atoms with E-state index in [0.29, 0.717) is 17.1 Å². The standard InChI is InChI=1S/C14H14N2O/c1-3-11-5-4-6-12(9-11)14(17)13-7-8-15-10(2)16-13/h4-9H,3H2,1-2H3. The summed E-state index contributed by atoms with van der Waals surface area (Å²) in [5.41, 5.74) is 2.29. The Morgan fingerprint density at radius 3 is 2.82 bits per heavy atom. The summed E-state index contributed by atoms with van der Waals surface area (Å²) in [5, 5.41) is 0. The SMILES string of the molecule is CCc1cccc(C(=O)c2ccnc(C)n2)c1. The van der Waals surface area contributed by atoms with Crippen LogP contribution in [0.1, 0.15) is 34.4 Å². The van der Waals surface area contributed by atoms with Crippen LogP contribution in [0.4, 0.5) is 0 Å². The Balaban J connectivity index is 2.36. The van der Waals surface area contributed by atoms with Crippen molar-refractivity contribution in [3.8, 4) is 0 Å². The monoisotopic (exact) mass is 226 g/mol. The lowest BCUT2D eigenvalue weighted by Gasteiger charge is -2.03. The van der Waals surface area contributed by atoms with Gasteiger partial charge in [0.15, 0.2) is 0 Å². The molecule has 0 unspecified atom stereocenters.